The molecule has 0 spiro atoms. The lowest BCUT2D eigenvalue weighted by atomic mass is 10.0. The summed E-state index contributed by atoms with van der Waals surface area (Å²) in [6.07, 6.45) is 3.96. The summed E-state index contributed by atoms with van der Waals surface area (Å²) < 4.78 is 6.15. The zero-order chi connectivity index (χ0) is 26.6. The van der Waals surface area contributed by atoms with Gasteiger partial charge in [0.05, 0.1) is 0 Å². The molecule has 5 rings (SSSR count). The van der Waals surface area contributed by atoms with Gasteiger partial charge in [0.15, 0.2) is 11.5 Å². The number of hydrogen-bond donors (Lipinski definition) is 3. The van der Waals surface area contributed by atoms with Gasteiger partial charge in [-0.1, -0.05) is 6.92 Å². The number of nitrogens with one attached hydrogen (secondary N) is 2. The Morgan fingerprint density at radius 1 is 1.13 bits per heavy atom. The molecule has 0 aliphatic carbocycles. The first-order valence-corrected chi connectivity index (χ1v) is 14.0. The second-order valence-electron chi connectivity index (χ2n) is 10.8. The summed E-state index contributed by atoms with van der Waals surface area (Å²) >= 11 is 0. The predicted octanol–water partition coefficient (Wildman–Crippen LogP) is 2.15. The second-order valence-corrected chi connectivity index (χ2v) is 10.8. The fourth-order valence-electron chi connectivity index (χ4n) is 5.81. The van der Waals surface area contributed by atoms with Crippen LogP contribution in [0.5, 0.6) is 5.88 Å². The van der Waals surface area contributed by atoms with Crippen LogP contribution in [0.3, 0.4) is 0 Å². The Bertz CT molecular complexity index is 1120. The minimum Gasteiger partial charge on any atom is -0.472 e. The van der Waals surface area contributed by atoms with E-state index in [4.69, 9.17) is 10.5 Å². The molecule has 0 unspecified atom stereocenters. The number of rotatable bonds is 8. The van der Waals surface area contributed by atoms with E-state index in [0.29, 0.717) is 29.9 Å². The Morgan fingerprint density at radius 2 is 1.89 bits per heavy atom. The van der Waals surface area contributed by atoms with E-state index >= 15 is 0 Å². The van der Waals surface area contributed by atoms with Gasteiger partial charge in [0.2, 0.25) is 5.88 Å². The molecule has 0 bridgehead atoms. The number of aryl methyl sites for hydroxylation is 2. The van der Waals surface area contributed by atoms with Crippen molar-refractivity contribution in [3.05, 3.63) is 35.2 Å². The van der Waals surface area contributed by atoms with Crippen molar-refractivity contribution in [1.82, 2.24) is 25.1 Å². The summed E-state index contributed by atoms with van der Waals surface area (Å²) in [6, 6.07) is 6.99. The summed E-state index contributed by atoms with van der Waals surface area (Å²) in [5, 5.41) is 6.60. The third kappa shape index (κ3) is 6.03. The molecule has 3 aliphatic heterocycles. The number of benzene rings is 1. The molecule has 206 valence electrons. The lowest BCUT2D eigenvalue weighted by molar-refractivity contribution is 0.0982. The van der Waals surface area contributed by atoms with Crippen molar-refractivity contribution in [3.8, 4) is 5.88 Å². The lowest BCUT2D eigenvalue weighted by Gasteiger charge is -2.43. The van der Waals surface area contributed by atoms with Crippen LogP contribution in [-0.4, -0.2) is 97.2 Å². The molecular formula is C28H42N8O2. The van der Waals surface area contributed by atoms with Crippen LogP contribution < -0.4 is 26.0 Å². The number of nitrogens with zero attached hydrogens (tertiary/aromatic N) is 5. The maximum Gasteiger partial charge on any atom is 0.271 e. The Kier molecular flexibility index (Phi) is 8.30. The monoisotopic (exact) mass is 522 g/mol. The lowest BCUT2D eigenvalue weighted by Crippen LogP contribution is -2.52. The number of aromatic nitrogens is 2. The summed E-state index contributed by atoms with van der Waals surface area (Å²) in [7, 11) is 2.21. The number of ether oxygens (including phenoxy) is 1. The first-order valence-electron chi connectivity index (χ1n) is 14.0. The number of amides is 1. The molecule has 2 aromatic rings. The number of carbonyl (C=O) groups excluding carboxylic acids is 1. The molecule has 0 saturated carbocycles. The van der Waals surface area contributed by atoms with Gasteiger partial charge < -0.3 is 30.9 Å². The number of likely N-dealkylation sites (N-methyl/N-ethyl adjacent to an activating group) is 1. The van der Waals surface area contributed by atoms with Gasteiger partial charge in [0, 0.05) is 63.2 Å². The van der Waals surface area contributed by atoms with Gasteiger partial charge in [-0.3, -0.25) is 9.69 Å². The Morgan fingerprint density at radius 3 is 2.53 bits per heavy atom. The fraction of sp³-hybridized carbons (Fsp3) is 0.607. The van der Waals surface area contributed by atoms with Gasteiger partial charge in [-0.2, -0.15) is 4.98 Å². The van der Waals surface area contributed by atoms with Crippen molar-refractivity contribution < 1.29 is 9.53 Å². The van der Waals surface area contributed by atoms with Crippen molar-refractivity contribution >= 4 is 23.1 Å². The smallest absolute Gasteiger partial charge is 0.271 e. The highest BCUT2D eigenvalue weighted by Crippen LogP contribution is 2.30. The SMILES string of the molecule is CCc1nc(C(N)=O)c(Nc2ccc(N3CCC(N4CCN(C)CC4)CC3)c(C)c2)nc1O[C@@H]1CCNC1. The number of piperazine rings is 1. The quantitative estimate of drug-likeness (QED) is 0.480. The molecule has 10 nitrogen and oxygen atoms in total. The molecule has 38 heavy (non-hydrogen) atoms. The number of primary amides is 1. The molecular weight excluding hydrogens is 480 g/mol. The highest BCUT2D eigenvalue weighted by Gasteiger charge is 2.27. The first kappa shape index (κ1) is 26.6. The average molecular weight is 523 g/mol. The fourth-order valence-corrected chi connectivity index (χ4v) is 5.81. The second kappa shape index (κ2) is 11.8. The number of nitrogens with two attached hydrogens (primary N) is 1. The highest BCUT2D eigenvalue weighted by atomic mass is 16.5. The normalized spacial score (nSPS) is 21.6. The summed E-state index contributed by atoms with van der Waals surface area (Å²) in [5.41, 5.74) is 9.74. The molecule has 0 radical (unpaired) electrons. The van der Waals surface area contributed by atoms with Crippen molar-refractivity contribution in [2.24, 2.45) is 5.73 Å². The zero-order valence-electron chi connectivity index (χ0n) is 23.0. The predicted molar refractivity (Wildman–Crippen MR) is 151 cm³/mol. The highest BCUT2D eigenvalue weighted by molar-refractivity contribution is 5.96. The van der Waals surface area contributed by atoms with E-state index in [1.807, 2.05) is 13.0 Å². The maximum atomic E-state index is 12.2. The van der Waals surface area contributed by atoms with E-state index in [0.717, 1.165) is 38.3 Å². The van der Waals surface area contributed by atoms with E-state index in [9.17, 15) is 4.79 Å². The largest absolute Gasteiger partial charge is 0.472 e. The summed E-state index contributed by atoms with van der Waals surface area (Å²) in [4.78, 5) is 29.0. The molecule has 1 amide bonds. The molecule has 1 aromatic heterocycles. The molecule has 1 atom stereocenters. The first-order chi connectivity index (χ1) is 18.4. The molecule has 10 heteroatoms. The number of anilines is 3. The van der Waals surface area contributed by atoms with Crippen LogP contribution in [0.4, 0.5) is 17.2 Å². The van der Waals surface area contributed by atoms with Gasteiger partial charge >= 0.3 is 0 Å². The third-order valence-electron chi connectivity index (χ3n) is 8.11. The van der Waals surface area contributed by atoms with Crippen LogP contribution in [0, 0.1) is 6.92 Å². The van der Waals surface area contributed by atoms with E-state index in [2.05, 4.69) is 61.4 Å². The molecule has 3 fully saturated rings. The van der Waals surface area contributed by atoms with Gasteiger partial charge in [-0.25, -0.2) is 4.98 Å². The Hall–Kier alpha value is -2.95. The molecule has 4 heterocycles. The van der Waals surface area contributed by atoms with Crippen LogP contribution in [0.1, 0.15) is 47.9 Å². The van der Waals surface area contributed by atoms with Crippen molar-refractivity contribution in [2.75, 3.05) is 69.6 Å². The van der Waals surface area contributed by atoms with Gasteiger partial charge in [0.25, 0.3) is 5.91 Å². The minimum atomic E-state index is -0.611. The van der Waals surface area contributed by atoms with Crippen molar-refractivity contribution in [2.45, 2.75) is 51.7 Å². The molecule has 1 aromatic carbocycles. The van der Waals surface area contributed by atoms with E-state index in [1.54, 1.807) is 0 Å². The average Bonchev–Trinajstić information content (AvgIpc) is 3.43. The zero-order valence-corrected chi connectivity index (χ0v) is 23.0. The third-order valence-corrected chi connectivity index (χ3v) is 8.11. The van der Waals surface area contributed by atoms with E-state index in [1.165, 1.54) is 50.3 Å². The van der Waals surface area contributed by atoms with Crippen LogP contribution in [0.2, 0.25) is 0 Å². The summed E-state index contributed by atoms with van der Waals surface area (Å²) in [6.45, 7) is 12.6. The van der Waals surface area contributed by atoms with Crippen LogP contribution in [0.15, 0.2) is 18.2 Å². The Balaban J connectivity index is 1.28. The minimum absolute atomic E-state index is 0.0452. The number of hydrogen-bond acceptors (Lipinski definition) is 9. The van der Waals surface area contributed by atoms with E-state index in [-0.39, 0.29) is 11.8 Å². The number of piperidine rings is 1. The summed E-state index contributed by atoms with van der Waals surface area (Å²) in [5.74, 6) is 0.182. The standard InChI is InChI=1S/C28H42N8O2/c1-4-23-28(38-22-7-10-30-18-22)33-27(25(32-23)26(29)37)31-20-5-6-24(19(2)17-20)36-11-8-21(9-12-36)35-15-13-34(3)14-16-35/h5-6,17,21-22,30H,4,7-16,18H2,1-3H3,(H2,29,37)(H,31,33)/t22-/m1/s1. The molecule has 3 saturated heterocycles. The van der Waals surface area contributed by atoms with Crippen molar-refractivity contribution in [1.29, 1.82) is 0 Å². The van der Waals surface area contributed by atoms with Gasteiger partial charge in [0.1, 0.15) is 11.8 Å². The van der Waals surface area contributed by atoms with Crippen LogP contribution >= 0.6 is 0 Å². The van der Waals surface area contributed by atoms with Crippen molar-refractivity contribution in [3.63, 3.8) is 0 Å². The molecule has 3 aliphatic rings. The van der Waals surface area contributed by atoms with Crippen LogP contribution in [0.25, 0.3) is 0 Å². The van der Waals surface area contributed by atoms with Gasteiger partial charge in [-0.05, 0) is 70.0 Å². The maximum absolute atomic E-state index is 12.2. The topological polar surface area (TPSA) is 112 Å². The number of carbonyl (C=O) groups is 1. The van der Waals surface area contributed by atoms with E-state index < -0.39 is 5.91 Å². The van der Waals surface area contributed by atoms with Gasteiger partial charge in [-0.15, -0.1) is 0 Å². The van der Waals surface area contributed by atoms with Crippen LogP contribution in [-0.2, 0) is 6.42 Å². The molecule has 4 N–H and O–H groups in total. The Labute approximate surface area is 225 Å².